The summed E-state index contributed by atoms with van der Waals surface area (Å²) < 4.78 is 2.13. The molecule has 0 aliphatic rings. The fourth-order valence-electron chi connectivity index (χ4n) is 1.29. The minimum Gasteiger partial charge on any atom is -0.359 e. The first-order valence-electron chi connectivity index (χ1n) is 4.97. The summed E-state index contributed by atoms with van der Waals surface area (Å²) >= 11 is 0. The molecule has 1 rings (SSSR count). The van der Waals surface area contributed by atoms with Gasteiger partial charge < -0.3 is 5.32 Å². The summed E-state index contributed by atoms with van der Waals surface area (Å²) in [5, 5.41) is 2.62. The van der Waals surface area contributed by atoms with Gasteiger partial charge in [0.2, 0.25) is 5.91 Å². The van der Waals surface area contributed by atoms with E-state index in [1.165, 1.54) is 0 Å². The van der Waals surface area contributed by atoms with Gasteiger partial charge in [-0.1, -0.05) is 6.07 Å². The van der Waals surface area contributed by atoms with Crippen LogP contribution in [0, 0.1) is 0 Å². The molecule has 0 spiro atoms. The van der Waals surface area contributed by atoms with Gasteiger partial charge in [0.25, 0.3) is 0 Å². The molecule has 1 N–H and O–H groups in total. The summed E-state index contributed by atoms with van der Waals surface area (Å²) in [6.07, 6.45) is 6.70. The van der Waals surface area contributed by atoms with Gasteiger partial charge in [-0.05, 0) is 6.42 Å². The molecule has 0 fully saturated rings. The molecule has 0 saturated carbocycles. The van der Waals surface area contributed by atoms with Crippen molar-refractivity contribution in [1.29, 1.82) is 0 Å². The van der Waals surface area contributed by atoms with E-state index in [-0.39, 0.29) is 5.91 Å². The zero-order valence-electron chi connectivity index (χ0n) is 8.57. The average Bonchev–Trinajstić information content (AvgIpc) is 2.25. The molecule has 0 aromatic carbocycles. The van der Waals surface area contributed by atoms with Gasteiger partial charge in [0.1, 0.15) is 6.54 Å². The number of amides is 1. The van der Waals surface area contributed by atoms with Crippen LogP contribution in [-0.4, -0.2) is 13.0 Å². The highest BCUT2D eigenvalue weighted by molar-refractivity contribution is 5.75. The first-order valence-corrected chi connectivity index (χ1v) is 4.97. The van der Waals surface area contributed by atoms with Crippen LogP contribution in [0.1, 0.15) is 19.3 Å². The lowest BCUT2D eigenvalue weighted by Gasteiger charge is -1.98. The second-order valence-electron chi connectivity index (χ2n) is 3.24. The summed E-state index contributed by atoms with van der Waals surface area (Å²) in [6.45, 7) is 0.984. The van der Waals surface area contributed by atoms with Gasteiger partial charge in [-0.15, -0.1) is 0 Å². The summed E-state index contributed by atoms with van der Waals surface area (Å²) in [4.78, 5) is 10.9. The number of hydrogen-bond donors (Lipinski definition) is 1. The first-order chi connectivity index (χ1) is 6.83. The van der Waals surface area contributed by atoms with Crippen LogP contribution in [0.4, 0.5) is 0 Å². The Kier molecular flexibility index (Phi) is 4.69. The second-order valence-corrected chi connectivity index (χ2v) is 3.24. The lowest BCUT2D eigenvalue weighted by atomic mass is 10.2. The minimum absolute atomic E-state index is 0.128. The first kappa shape index (κ1) is 10.7. The molecule has 0 atom stereocenters. The van der Waals surface area contributed by atoms with Crippen molar-refractivity contribution in [1.82, 2.24) is 5.32 Å². The normalized spacial score (nSPS) is 9.79. The Morgan fingerprint density at radius 2 is 1.93 bits per heavy atom. The van der Waals surface area contributed by atoms with Gasteiger partial charge in [-0.25, -0.2) is 4.57 Å². The number of aryl methyl sites for hydroxylation is 1. The quantitative estimate of drug-likeness (QED) is 0.547. The van der Waals surface area contributed by atoms with Crippen LogP contribution in [0.5, 0.6) is 0 Å². The van der Waals surface area contributed by atoms with Crippen molar-refractivity contribution >= 4 is 5.91 Å². The van der Waals surface area contributed by atoms with Crippen molar-refractivity contribution in [2.45, 2.75) is 25.8 Å². The van der Waals surface area contributed by atoms with E-state index in [2.05, 4.69) is 9.88 Å². The predicted molar refractivity (Wildman–Crippen MR) is 54.6 cm³/mol. The molecule has 14 heavy (non-hydrogen) atoms. The maximum atomic E-state index is 10.9. The minimum atomic E-state index is 0.128. The molecule has 0 saturated heterocycles. The standard InChI is InChI=1S/C11H16N2O/c1-12-11(14)7-3-6-10-13-8-4-2-5-9-13/h2,4-5,8-9H,3,6-7,10H2,1H3/p+1. The fraction of sp³-hybridized carbons (Fsp3) is 0.455. The zero-order chi connectivity index (χ0) is 10.2. The molecule has 1 amide bonds. The topological polar surface area (TPSA) is 33.0 Å². The molecular formula is C11H17N2O+. The van der Waals surface area contributed by atoms with E-state index in [0.717, 1.165) is 19.4 Å². The number of nitrogens with zero attached hydrogens (tertiary/aromatic N) is 1. The number of rotatable bonds is 5. The molecule has 76 valence electrons. The van der Waals surface area contributed by atoms with E-state index in [9.17, 15) is 4.79 Å². The molecule has 0 bridgehead atoms. The van der Waals surface area contributed by atoms with Crippen LogP contribution in [0.25, 0.3) is 0 Å². The lowest BCUT2D eigenvalue weighted by molar-refractivity contribution is -0.697. The molecule has 3 heteroatoms. The Morgan fingerprint density at radius 1 is 1.21 bits per heavy atom. The van der Waals surface area contributed by atoms with Gasteiger partial charge in [0, 0.05) is 32.0 Å². The molecule has 3 nitrogen and oxygen atoms in total. The van der Waals surface area contributed by atoms with Crippen LogP contribution in [0.3, 0.4) is 0 Å². The second kappa shape index (κ2) is 6.13. The van der Waals surface area contributed by atoms with Crippen LogP contribution >= 0.6 is 0 Å². The maximum absolute atomic E-state index is 10.9. The number of nitrogens with one attached hydrogen (secondary N) is 1. The van der Waals surface area contributed by atoms with Crippen LogP contribution in [0.2, 0.25) is 0 Å². The third kappa shape index (κ3) is 4.03. The zero-order valence-corrected chi connectivity index (χ0v) is 8.57. The number of unbranched alkanes of at least 4 members (excludes halogenated alkanes) is 1. The summed E-state index contributed by atoms with van der Waals surface area (Å²) in [6, 6.07) is 6.03. The predicted octanol–water partition coefficient (Wildman–Crippen LogP) is 0.890. The molecule has 0 unspecified atom stereocenters. The Labute approximate surface area is 84.8 Å². The van der Waals surface area contributed by atoms with E-state index in [1.807, 2.05) is 30.6 Å². The van der Waals surface area contributed by atoms with Gasteiger partial charge in [-0.3, -0.25) is 4.79 Å². The Balaban J connectivity index is 2.13. The fourth-order valence-corrected chi connectivity index (χ4v) is 1.29. The molecular weight excluding hydrogens is 176 g/mol. The summed E-state index contributed by atoms with van der Waals surface area (Å²) in [7, 11) is 1.67. The van der Waals surface area contributed by atoms with Gasteiger partial charge >= 0.3 is 0 Å². The van der Waals surface area contributed by atoms with Crippen molar-refractivity contribution in [3.63, 3.8) is 0 Å². The summed E-state index contributed by atoms with van der Waals surface area (Å²) in [5.41, 5.74) is 0. The highest BCUT2D eigenvalue weighted by Crippen LogP contribution is 1.94. The van der Waals surface area contributed by atoms with Gasteiger partial charge in [0.05, 0.1) is 0 Å². The van der Waals surface area contributed by atoms with Gasteiger partial charge in [-0.2, -0.15) is 0 Å². The SMILES string of the molecule is CNC(=O)CCCC[n+]1ccccc1. The van der Waals surface area contributed by atoms with Crippen molar-refractivity contribution < 1.29 is 9.36 Å². The van der Waals surface area contributed by atoms with Gasteiger partial charge in [0.15, 0.2) is 12.4 Å². The van der Waals surface area contributed by atoms with Crippen molar-refractivity contribution in [2.75, 3.05) is 7.05 Å². The number of carbonyl (C=O) groups excluding carboxylic acids is 1. The Bertz CT molecular complexity index is 272. The molecule has 0 radical (unpaired) electrons. The third-order valence-electron chi connectivity index (χ3n) is 2.13. The molecule has 0 aliphatic carbocycles. The molecule has 1 heterocycles. The number of carbonyl (C=O) groups is 1. The van der Waals surface area contributed by atoms with Crippen molar-refractivity contribution in [2.24, 2.45) is 0 Å². The largest absolute Gasteiger partial charge is 0.359 e. The van der Waals surface area contributed by atoms with E-state index in [1.54, 1.807) is 7.05 Å². The van der Waals surface area contributed by atoms with Crippen LogP contribution in [0.15, 0.2) is 30.6 Å². The van der Waals surface area contributed by atoms with E-state index in [4.69, 9.17) is 0 Å². The van der Waals surface area contributed by atoms with E-state index in [0.29, 0.717) is 6.42 Å². The lowest BCUT2D eigenvalue weighted by Crippen LogP contribution is -2.32. The molecule has 1 aromatic rings. The van der Waals surface area contributed by atoms with E-state index < -0.39 is 0 Å². The highest BCUT2D eigenvalue weighted by atomic mass is 16.1. The number of hydrogen-bond acceptors (Lipinski definition) is 1. The smallest absolute Gasteiger partial charge is 0.219 e. The highest BCUT2D eigenvalue weighted by Gasteiger charge is 2.00. The Hall–Kier alpha value is -1.38. The average molecular weight is 193 g/mol. The number of pyridine rings is 1. The van der Waals surface area contributed by atoms with E-state index >= 15 is 0 Å². The monoisotopic (exact) mass is 193 g/mol. The third-order valence-corrected chi connectivity index (χ3v) is 2.13. The number of aromatic nitrogens is 1. The van der Waals surface area contributed by atoms with Crippen molar-refractivity contribution in [3.05, 3.63) is 30.6 Å². The van der Waals surface area contributed by atoms with Crippen molar-refractivity contribution in [3.8, 4) is 0 Å². The maximum Gasteiger partial charge on any atom is 0.219 e. The van der Waals surface area contributed by atoms with Crippen LogP contribution in [-0.2, 0) is 11.3 Å². The summed E-state index contributed by atoms with van der Waals surface area (Å²) in [5.74, 6) is 0.128. The molecule has 1 aromatic heterocycles. The molecule has 0 aliphatic heterocycles. The Morgan fingerprint density at radius 3 is 2.57 bits per heavy atom. The van der Waals surface area contributed by atoms with Crippen LogP contribution < -0.4 is 9.88 Å².